The fourth-order valence-corrected chi connectivity index (χ4v) is 4.61. The maximum atomic E-state index is 13.3. The maximum absolute atomic E-state index is 13.3. The van der Waals surface area contributed by atoms with Gasteiger partial charge >= 0.3 is 13.8 Å². The predicted octanol–water partition coefficient (Wildman–Crippen LogP) is 4.44. The molecule has 0 N–H and O–H groups in total. The molecule has 1 heterocycles. The zero-order valence-corrected chi connectivity index (χ0v) is 15.7. The number of ether oxygens (including phenoxy) is 1. The average molecular weight is 392 g/mol. The highest BCUT2D eigenvalue weighted by atomic mass is 32.2. The van der Waals surface area contributed by atoms with Crippen LogP contribution in [0, 0.1) is 0 Å². The van der Waals surface area contributed by atoms with Gasteiger partial charge < -0.3 is 18.3 Å². The fourth-order valence-electron chi connectivity index (χ4n) is 2.20. The molecule has 0 amide bonds. The molecule has 136 valence electrons. The van der Waals surface area contributed by atoms with Crippen LogP contribution in [0.4, 0.5) is 0 Å². The van der Waals surface area contributed by atoms with Crippen LogP contribution in [0.2, 0.25) is 0 Å². The lowest BCUT2D eigenvalue weighted by molar-refractivity contribution is -0.136. The number of benzene rings is 2. The van der Waals surface area contributed by atoms with E-state index in [4.69, 9.17) is 18.3 Å². The largest absolute Gasteiger partial charge is 0.646 e. The highest BCUT2D eigenvalue weighted by molar-refractivity contribution is 8.00. The molecular formula is C18H17O6PS. The molecule has 1 aliphatic rings. The summed E-state index contributed by atoms with van der Waals surface area (Å²) in [5, 5.41) is 0. The Bertz CT molecular complexity index is 792. The number of hydrogen-bond acceptors (Lipinski definition) is 7. The Kier molecular flexibility index (Phi) is 5.91. The van der Waals surface area contributed by atoms with E-state index in [-0.39, 0.29) is 5.76 Å². The zero-order valence-electron chi connectivity index (χ0n) is 14.0. The summed E-state index contributed by atoms with van der Waals surface area (Å²) in [5.41, 5.74) is 0.325. The van der Waals surface area contributed by atoms with Crippen molar-refractivity contribution in [3.8, 4) is 11.5 Å². The second-order valence-electron chi connectivity index (χ2n) is 5.23. The molecular weight excluding hydrogens is 375 g/mol. The van der Waals surface area contributed by atoms with Gasteiger partial charge in [-0.25, -0.2) is 4.79 Å². The van der Waals surface area contributed by atoms with Gasteiger partial charge in [0.05, 0.1) is 18.4 Å². The van der Waals surface area contributed by atoms with Crippen LogP contribution >= 0.6 is 19.6 Å². The third-order valence-electron chi connectivity index (χ3n) is 3.39. The molecule has 0 spiro atoms. The van der Waals surface area contributed by atoms with Crippen LogP contribution in [0.1, 0.15) is 0 Å². The normalized spacial score (nSPS) is 14.0. The van der Waals surface area contributed by atoms with Crippen molar-refractivity contribution >= 4 is 25.6 Å². The summed E-state index contributed by atoms with van der Waals surface area (Å²) >= 11 is 1.46. The molecule has 0 atom stereocenters. The molecule has 0 radical (unpaired) electrons. The van der Waals surface area contributed by atoms with Crippen molar-refractivity contribution in [2.45, 2.75) is 0 Å². The Morgan fingerprint density at radius 3 is 1.92 bits per heavy atom. The number of thioether (sulfide) groups is 1. The van der Waals surface area contributed by atoms with Gasteiger partial charge in [0.15, 0.2) is 0 Å². The quantitative estimate of drug-likeness (QED) is 0.509. The van der Waals surface area contributed by atoms with E-state index in [1.807, 2.05) is 12.1 Å². The van der Waals surface area contributed by atoms with Crippen LogP contribution in [0.25, 0.3) is 0 Å². The standard InChI is InChI=1S/C18H17O6PS/c1-21-18(19)16-12-26-13-17(16)24-25(20,22-14-8-4-2-5-9-14)23-15-10-6-3-7-11-15/h2-11H,12-13H2,1H3. The first-order valence-electron chi connectivity index (χ1n) is 7.76. The fraction of sp³-hybridized carbons (Fsp3) is 0.167. The zero-order chi connectivity index (χ0) is 18.4. The lowest BCUT2D eigenvalue weighted by Gasteiger charge is -2.20. The summed E-state index contributed by atoms with van der Waals surface area (Å²) in [4.78, 5) is 11.9. The lowest BCUT2D eigenvalue weighted by atomic mass is 10.3. The molecule has 0 aliphatic carbocycles. The predicted molar refractivity (Wildman–Crippen MR) is 99.2 cm³/mol. The van der Waals surface area contributed by atoms with Crippen LogP contribution in [0.5, 0.6) is 11.5 Å². The summed E-state index contributed by atoms with van der Waals surface area (Å²) in [6.45, 7) is 0. The highest BCUT2D eigenvalue weighted by Gasteiger charge is 2.37. The average Bonchev–Trinajstić information content (AvgIpc) is 3.10. The van der Waals surface area contributed by atoms with Crippen molar-refractivity contribution in [3.63, 3.8) is 0 Å². The van der Waals surface area contributed by atoms with Crippen molar-refractivity contribution in [2.75, 3.05) is 18.6 Å². The monoisotopic (exact) mass is 392 g/mol. The second kappa shape index (κ2) is 8.34. The van der Waals surface area contributed by atoms with E-state index in [0.717, 1.165) is 0 Å². The first-order chi connectivity index (χ1) is 12.6. The van der Waals surface area contributed by atoms with Crippen LogP contribution in [0.15, 0.2) is 72.0 Å². The van der Waals surface area contributed by atoms with Crippen LogP contribution in [0.3, 0.4) is 0 Å². The van der Waals surface area contributed by atoms with Gasteiger partial charge in [-0.1, -0.05) is 36.4 Å². The summed E-state index contributed by atoms with van der Waals surface area (Å²) in [5.74, 6) is 1.19. The number of carbonyl (C=O) groups is 1. The van der Waals surface area contributed by atoms with Gasteiger partial charge in [0.2, 0.25) is 0 Å². The molecule has 0 saturated heterocycles. The number of rotatable bonds is 7. The third kappa shape index (κ3) is 4.62. The summed E-state index contributed by atoms with van der Waals surface area (Å²) in [7, 11) is -2.79. The van der Waals surface area contributed by atoms with Crippen molar-refractivity contribution < 1.29 is 27.7 Å². The van der Waals surface area contributed by atoms with Gasteiger partial charge in [-0.15, -0.1) is 11.8 Å². The number of phosphoric ester groups is 1. The molecule has 0 saturated carbocycles. The number of carbonyl (C=O) groups excluding carboxylic acids is 1. The Morgan fingerprint density at radius 2 is 1.42 bits per heavy atom. The highest BCUT2D eigenvalue weighted by Crippen LogP contribution is 2.52. The van der Waals surface area contributed by atoms with Gasteiger partial charge in [-0.2, -0.15) is 4.57 Å². The van der Waals surface area contributed by atoms with E-state index in [0.29, 0.717) is 28.6 Å². The topological polar surface area (TPSA) is 71.1 Å². The van der Waals surface area contributed by atoms with Gasteiger partial charge in [0.1, 0.15) is 17.3 Å². The molecule has 26 heavy (non-hydrogen) atoms. The molecule has 2 aromatic rings. The lowest BCUT2D eigenvalue weighted by Crippen LogP contribution is -2.11. The summed E-state index contributed by atoms with van der Waals surface area (Å²) < 4.78 is 34.8. The van der Waals surface area contributed by atoms with Crippen LogP contribution < -0.4 is 9.05 Å². The molecule has 0 fully saturated rings. The molecule has 8 heteroatoms. The van der Waals surface area contributed by atoms with Gasteiger partial charge in [-0.05, 0) is 24.3 Å². The minimum absolute atomic E-state index is 0.247. The minimum Gasteiger partial charge on any atom is -0.466 e. The van der Waals surface area contributed by atoms with E-state index in [1.165, 1.54) is 18.9 Å². The third-order valence-corrected chi connectivity index (χ3v) is 5.66. The molecule has 2 aromatic carbocycles. The van der Waals surface area contributed by atoms with E-state index < -0.39 is 13.8 Å². The van der Waals surface area contributed by atoms with Crippen LogP contribution in [-0.4, -0.2) is 24.6 Å². The van der Waals surface area contributed by atoms with E-state index in [9.17, 15) is 9.36 Å². The molecule has 1 aliphatic heterocycles. The Hall–Kier alpha value is -2.37. The summed E-state index contributed by atoms with van der Waals surface area (Å²) in [6.07, 6.45) is 0. The van der Waals surface area contributed by atoms with E-state index in [1.54, 1.807) is 48.5 Å². The SMILES string of the molecule is COC(=O)C1=C(OP(=O)(Oc2ccccc2)Oc2ccccc2)CSC1. The first-order valence-corrected chi connectivity index (χ1v) is 10.4. The van der Waals surface area contributed by atoms with Crippen molar-refractivity contribution in [1.82, 2.24) is 0 Å². The Morgan fingerprint density at radius 1 is 0.885 bits per heavy atom. The van der Waals surface area contributed by atoms with E-state index >= 15 is 0 Å². The number of phosphoric acid groups is 1. The number of hydrogen-bond donors (Lipinski definition) is 0. The molecule has 0 unspecified atom stereocenters. The van der Waals surface area contributed by atoms with Crippen LogP contribution in [-0.2, 0) is 18.6 Å². The molecule has 3 rings (SSSR count). The Balaban J connectivity index is 1.90. The van der Waals surface area contributed by atoms with Gasteiger partial charge in [-0.3, -0.25) is 0 Å². The molecule has 6 nitrogen and oxygen atoms in total. The number of methoxy groups -OCH3 is 1. The first kappa shape index (κ1) is 18.4. The van der Waals surface area contributed by atoms with Crippen molar-refractivity contribution in [3.05, 3.63) is 72.0 Å². The molecule has 0 bridgehead atoms. The van der Waals surface area contributed by atoms with Gasteiger partial charge in [0.25, 0.3) is 0 Å². The minimum atomic E-state index is -4.08. The smallest absolute Gasteiger partial charge is 0.466 e. The second-order valence-corrected chi connectivity index (χ2v) is 7.66. The van der Waals surface area contributed by atoms with Gasteiger partial charge in [0, 0.05) is 5.75 Å². The number of esters is 1. The van der Waals surface area contributed by atoms with Crippen molar-refractivity contribution in [1.29, 1.82) is 0 Å². The van der Waals surface area contributed by atoms with Crippen molar-refractivity contribution in [2.24, 2.45) is 0 Å². The number of para-hydroxylation sites is 2. The summed E-state index contributed by atoms with van der Waals surface area (Å²) in [6, 6.07) is 17.2. The maximum Gasteiger partial charge on any atom is 0.646 e. The Labute approximate surface area is 155 Å². The molecule has 0 aromatic heterocycles. The van der Waals surface area contributed by atoms with E-state index in [2.05, 4.69) is 0 Å².